The number of ether oxygens (including phenoxy) is 4. The van der Waals surface area contributed by atoms with E-state index in [9.17, 15) is 4.79 Å². The molecule has 2 aromatic rings. The van der Waals surface area contributed by atoms with E-state index < -0.39 is 42.2 Å². The minimum atomic E-state index is -0.970. The van der Waals surface area contributed by atoms with Gasteiger partial charge in [0.05, 0.1) is 23.6 Å². The molecule has 0 spiro atoms. The van der Waals surface area contributed by atoms with Gasteiger partial charge in [-0.1, -0.05) is 48.5 Å². The molecule has 2 aromatic carbocycles. The van der Waals surface area contributed by atoms with Gasteiger partial charge in [0.2, 0.25) is 6.29 Å². The molecule has 0 radical (unpaired) electrons. The second kappa shape index (κ2) is 7.96. The van der Waals surface area contributed by atoms with E-state index in [0.717, 1.165) is 5.56 Å². The van der Waals surface area contributed by atoms with Gasteiger partial charge in [0.25, 0.3) is 0 Å². The lowest BCUT2D eigenvalue weighted by Gasteiger charge is -2.46. The molecular formula is C20H20ClNO5. The first-order valence-electron chi connectivity index (χ1n) is 8.76. The van der Waals surface area contributed by atoms with Crippen molar-refractivity contribution in [2.75, 3.05) is 6.61 Å². The SMILES string of the molecule is N[C@H]1[C@@H](OC(=O)c2ccccc2)O[C@@H]2CO[C@@H](c3ccccc3)O[C@H]2[C@@H]1Cl. The fraction of sp³-hybridized carbons (Fsp3) is 0.350. The molecule has 6 atom stereocenters. The Bertz CT molecular complexity index is 772. The number of carbonyl (C=O) groups excluding carboxylic acids is 1. The van der Waals surface area contributed by atoms with Gasteiger partial charge in [-0.25, -0.2) is 4.79 Å². The summed E-state index contributed by atoms with van der Waals surface area (Å²) in [6, 6.07) is 17.5. The summed E-state index contributed by atoms with van der Waals surface area (Å²) in [5, 5.41) is -0.590. The number of rotatable bonds is 3. The van der Waals surface area contributed by atoms with Crippen LogP contribution in [-0.2, 0) is 18.9 Å². The summed E-state index contributed by atoms with van der Waals surface area (Å²) < 4.78 is 23.1. The van der Waals surface area contributed by atoms with Crippen molar-refractivity contribution in [3.8, 4) is 0 Å². The predicted molar refractivity (Wildman–Crippen MR) is 98.1 cm³/mol. The van der Waals surface area contributed by atoms with Crippen molar-refractivity contribution in [1.29, 1.82) is 0 Å². The summed E-state index contributed by atoms with van der Waals surface area (Å²) in [6.45, 7) is 0.263. The maximum Gasteiger partial charge on any atom is 0.340 e. The van der Waals surface area contributed by atoms with Crippen LogP contribution in [0.5, 0.6) is 0 Å². The smallest absolute Gasteiger partial charge is 0.340 e. The van der Waals surface area contributed by atoms with Gasteiger partial charge in [0, 0.05) is 5.56 Å². The van der Waals surface area contributed by atoms with Gasteiger partial charge in [0.15, 0.2) is 6.29 Å². The van der Waals surface area contributed by atoms with E-state index in [0.29, 0.717) is 5.56 Å². The van der Waals surface area contributed by atoms with E-state index in [1.54, 1.807) is 24.3 Å². The average molecular weight is 390 g/mol. The Kier molecular flexibility index (Phi) is 5.43. The van der Waals surface area contributed by atoms with E-state index >= 15 is 0 Å². The van der Waals surface area contributed by atoms with Crippen molar-refractivity contribution in [3.63, 3.8) is 0 Å². The van der Waals surface area contributed by atoms with Gasteiger partial charge in [0.1, 0.15) is 12.2 Å². The molecule has 4 rings (SSSR count). The largest absolute Gasteiger partial charge is 0.430 e. The third kappa shape index (κ3) is 3.85. The molecule has 2 fully saturated rings. The topological polar surface area (TPSA) is 80.0 Å². The van der Waals surface area contributed by atoms with Crippen molar-refractivity contribution in [3.05, 3.63) is 71.8 Å². The van der Waals surface area contributed by atoms with Crippen LogP contribution in [0.2, 0.25) is 0 Å². The number of nitrogens with two attached hydrogens (primary N) is 1. The first-order valence-corrected chi connectivity index (χ1v) is 9.20. The Balaban J connectivity index is 1.44. The molecule has 0 saturated carbocycles. The van der Waals surface area contributed by atoms with Gasteiger partial charge >= 0.3 is 5.97 Å². The lowest BCUT2D eigenvalue weighted by molar-refractivity contribution is -0.310. The molecule has 2 aliphatic heterocycles. The van der Waals surface area contributed by atoms with Crippen LogP contribution in [-0.4, -0.2) is 42.5 Å². The van der Waals surface area contributed by atoms with Gasteiger partial charge < -0.3 is 24.7 Å². The third-order valence-corrected chi connectivity index (χ3v) is 5.21. The molecule has 2 aliphatic rings. The minimum Gasteiger partial charge on any atom is -0.430 e. The third-order valence-electron chi connectivity index (χ3n) is 4.67. The van der Waals surface area contributed by atoms with E-state index in [1.165, 1.54) is 0 Å². The van der Waals surface area contributed by atoms with Crippen molar-refractivity contribution in [2.45, 2.75) is 36.2 Å². The highest BCUT2D eigenvalue weighted by Crippen LogP contribution is 2.36. The van der Waals surface area contributed by atoms with Gasteiger partial charge in [-0.15, -0.1) is 11.6 Å². The van der Waals surface area contributed by atoms with E-state index in [-0.39, 0.29) is 6.61 Å². The Hall–Kier alpha value is -1.96. The number of carbonyl (C=O) groups is 1. The Morgan fingerprint density at radius 3 is 2.41 bits per heavy atom. The average Bonchev–Trinajstić information content (AvgIpc) is 2.73. The molecule has 0 aliphatic carbocycles. The molecule has 2 saturated heterocycles. The summed E-state index contributed by atoms with van der Waals surface area (Å²) in [4.78, 5) is 12.3. The van der Waals surface area contributed by atoms with Crippen molar-refractivity contribution < 1.29 is 23.7 Å². The number of alkyl halides is 1. The lowest BCUT2D eigenvalue weighted by Crippen LogP contribution is -2.63. The molecule has 2 heterocycles. The van der Waals surface area contributed by atoms with Crippen LogP contribution in [0.15, 0.2) is 60.7 Å². The fourth-order valence-electron chi connectivity index (χ4n) is 3.21. The van der Waals surface area contributed by atoms with Crippen LogP contribution in [0.4, 0.5) is 0 Å². The molecule has 27 heavy (non-hydrogen) atoms. The Labute approximate surface area is 162 Å². The quantitative estimate of drug-likeness (QED) is 0.642. The fourth-order valence-corrected chi connectivity index (χ4v) is 3.56. The van der Waals surface area contributed by atoms with Crippen molar-refractivity contribution >= 4 is 17.6 Å². The van der Waals surface area contributed by atoms with E-state index in [1.807, 2.05) is 36.4 Å². The molecule has 0 unspecified atom stereocenters. The first-order chi connectivity index (χ1) is 13.1. The van der Waals surface area contributed by atoms with Crippen LogP contribution >= 0.6 is 11.6 Å². The minimum absolute atomic E-state index is 0.263. The number of halogens is 1. The number of hydrogen-bond acceptors (Lipinski definition) is 6. The van der Waals surface area contributed by atoms with Gasteiger partial charge in [-0.05, 0) is 12.1 Å². The molecule has 0 bridgehead atoms. The number of benzene rings is 2. The van der Waals surface area contributed by atoms with Crippen molar-refractivity contribution in [2.24, 2.45) is 5.73 Å². The first kappa shape index (κ1) is 18.4. The Morgan fingerprint density at radius 2 is 1.70 bits per heavy atom. The predicted octanol–water partition coefficient (Wildman–Crippen LogP) is 2.62. The van der Waals surface area contributed by atoms with E-state index in [2.05, 4.69) is 0 Å². The highest BCUT2D eigenvalue weighted by Gasteiger charge is 2.49. The Morgan fingerprint density at radius 1 is 1.04 bits per heavy atom. The van der Waals surface area contributed by atoms with Crippen LogP contribution in [0, 0.1) is 0 Å². The zero-order valence-electron chi connectivity index (χ0n) is 14.4. The van der Waals surface area contributed by atoms with Crippen LogP contribution in [0.25, 0.3) is 0 Å². The maximum atomic E-state index is 12.3. The second-order valence-electron chi connectivity index (χ2n) is 6.51. The maximum absolute atomic E-state index is 12.3. The monoisotopic (exact) mass is 389 g/mol. The lowest BCUT2D eigenvalue weighted by atomic mass is 9.99. The van der Waals surface area contributed by atoms with Crippen LogP contribution < -0.4 is 5.73 Å². The summed E-state index contributed by atoms with van der Waals surface area (Å²) in [6.07, 6.45) is -2.44. The number of esters is 1. The molecule has 2 N–H and O–H groups in total. The highest BCUT2D eigenvalue weighted by molar-refractivity contribution is 6.21. The van der Waals surface area contributed by atoms with Crippen molar-refractivity contribution in [1.82, 2.24) is 0 Å². The molecular weight excluding hydrogens is 370 g/mol. The zero-order valence-corrected chi connectivity index (χ0v) is 15.2. The summed E-state index contributed by atoms with van der Waals surface area (Å²) in [5.41, 5.74) is 7.50. The summed E-state index contributed by atoms with van der Waals surface area (Å²) >= 11 is 6.54. The van der Waals surface area contributed by atoms with Crippen LogP contribution in [0.1, 0.15) is 22.2 Å². The molecule has 142 valence electrons. The molecule has 0 aromatic heterocycles. The summed E-state index contributed by atoms with van der Waals surface area (Å²) in [7, 11) is 0. The van der Waals surface area contributed by atoms with Gasteiger partial charge in [-0.3, -0.25) is 0 Å². The second-order valence-corrected chi connectivity index (χ2v) is 7.02. The normalized spacial score (nSPS) is 33.1. The highest BCUT2D eigenvalue weighted by atomic mass is 35.5. The molecule has 7 heteroatoms. The van der Waals surface area contributed by atoms with Gasteiger partial charge in [-0.2, -0.15) is 0 Å². The number of hydrogen-bond donors (Lipinski definition) is 1. The zero-order chi connectivity index (χ0) is 18.8. The molecule has 6 nitrogen and oxygen atoms in total. The standard InChI is InChI=1S/C20H20ClNO5/c21-15-16(22)20(27-18(23)12-7-3-1-4-8-12)25-14-11-24-19(26-17(14)15)13-9-5-2-6-10-13/h1-10,14-17,19-20H,11,22H2/t14-,15-,16-,17-,19-,20-/m1/s1. The van der Waals surface area contributed by atoms with Crippen LogP contribution in [0.3, 0.4) is 0 Å². The molecule has 0 amide bonds. The summed E-state index contributed by atoms with van der Waals surface area (Å²) in [5.74, 6) is -0.516. The number of fused-ring (bicyclic) bond motifs is 1. The van der Waals surface area contributed by atoms with E-state index in [4.69, 9.17) is 36.3 Å².